The third-order valence-electron chi connectivity index (χ3n) is 4.70. The van der Waals surface area contributed by atoms with Crippen LogP contribution >= 0.6 is 23.1 Å². The second kappa shape index (κ2) is 8.49. The molecule has 5 nitrogen and oxygen atoms in total. The maximum Gasteiger partial charge on any atom is 0.237 e. The van der Waals surface area contributed by atoms with Crippen molar-refractivity contribution >= 4 is 34.7 Å². The molecule has 0 radical (unpaired) electrons. The molecule has 1 aromatic carbocycles. The van der Waals surface area contributed by atoms with Gasteiger partial charge >= 0.3 is 0 Å². The molecule has 0 aliphatic heterocycles. The van der Waals surface area contributed by atoms with Gasteiger partial charge in [-0.15, -0.1) is 21.5 Å². The lowest BCUT2D eigenvalue weighted by molar-refractivity contribution is -0.116. The van der Waals surface area contributed by atoms with E-state index in [0.717, 1.165) is 23.1 Å². The molecule has 7 heteroatoms. The quantitative estimate of drug-likeness (QED) is 0.499. The molecule has 0 unspecified atom stereocenters. The van der Waals surface area contributed by atoms with Crippen molar-refractivity contribution in [3.05, 3.63) is 58.5 Å². The van der Waals surface area contributed by atoms with Gasteiger partial charge in [-0.3, -0.25) is 4.79 Å². The third-order valence-corrected chi connectivity index (χ3v) is 6.51. The van der Waals surface area contributed by atoms with Crippen LogP contribution in [0.3, 0.4) is 0 Å². The van der Waals surface area contributed by atoms with Gasteiger partial charge in [-0.2, -0.15) is 0 Å². The summed E-state index contributed by atoms with van der Waals surface area (Å²) in [5, 5.41) is 11.8. The minimum atomic E-state index is 0.0938. The van der Waals surface area contributed by atoms with Gasteiger partial charge < -0.3 is 9.47 Å². The molecule has 2 heterocycles. The highest BCUT2D eigenvalue weighted by atomic mass is 32.2. The number of thiophene rings is 1. The molecule has 0 saturated heterocycles. The highest BCUT2D eigenvalue weighted by Gasteiger charge is 2.30. The van der Waals surface area contributed by atoms with Gasteiger partial charge in [0, 0.05) is 29.1 Å². The van der Waals surface area contributed by atoms with Gasteiger partial charge in [-0.25, -0.2) is 0 Å². The van der Waals surface area contributed by atoms with Crippen LogP contribution in [-0.2, 0) is 11.2 Å². The number of benzene rings is 1. The summed E-state index contributed by atoms with van der Waals surface area (Å²) in [5.41, 5.74) is 0.935. The summed E-state index contributed by atoms with van der Waals surface area (Å²) in [6, 6.07) is 14.6. The molecule has 2 aromatic heterocycles. The Morgan fingerprint density at radius 1 is 1.21 bits per heavy atom. The largest absolute Gasteiger partial charge is 0.309 e. The van der Waals surface area contributed by atoms with Gasteiger partial charge in [0.25, 0.3) is 0 Å². The Kier molecular flexibility index (Phi) is 5.82. The SMILES string of the molecule is CC(C)N(C(=O)CSc1nnc(Cc2cccs2)n1C1CC1)c1ccccc1. The monoisotopic (exact) mass is 412 g/mol. The van der Waals surface area contributed by atoms with Crippen molar-refractivity contribution in [1.29, 1.82) is 0 Å². The normalized spacial score (nSPS) is 13.8. The van der Waals surface area contributed by atoms with Crippen LogP contribution in [-0.4, -0.2) is 32.5 Å². The molecule has 0 bridgehead atoms. The van der Waals surface area contributed by atoms with Crippen LogP contribution in [0.15, 0.2) is 53.0 Å². The van der Waals surface area contributed by atoms with E-state index in [-0.39, 0.29) is 11.9 Å². The fraction of sp³-hybridized carbons (Fsp3) is 0.381. The van der Waals surface area contributed by atoms with E-state index in [0.29, 0.717) is 11.8 Å². The average molecular weight is 413 g/mol. The number of hydrogen-bond donors (Lipinski definition) is 0. The van der Waals surface area contributed by atoms with Crippen LogP contribution in [0.1, 0.15) is 43.4 Å². The number of thioether (sulfide) groups is 1. The van der Waals surface area contributed by atoms with E-state index >= 15 is 0 Å². The van der Waals surface area contributed by atoms with Gasteiger partial charge in [0.1, 0.15) is 5.82 Å². The zero-order chi connectivity index (χ0) is 19.5. The first kappa shape index (κ1) is 19.2. The first-order valence-electron chi connectivity index (χ1n) is 9.59. The lowest BCUT2D eigenvalue weighted by Gasteiger charge is -2.26. The number of anilines is 1. The molecule has 0 N–H and O–H groups in total. The average Bonchev–Trinajstić information content (AvgIpc) is 3.23. The van der Waals surface area contributed by atoms with Crippen molar-refractivity contribution in [2.75, 3.05) is 10.7 Å². The Morgan fingerprint density at radius 3 is 2.64 bits per heavy atom. The Bertz CT molecular complexity index is 917. The fourth-order valence-corrected chi connectivity index (χ4v) is 4.89. The maximum absolute atomic E-state index is 13.0. The molecular formula is C21H24N4OS2. The molecule has 0 atom stereocenters. The standard InChI is InChI=1S/C21H24N4OS2/c1-15(2)24(16-7-4-3-5-8-16)20(26)14-28-21-23-22-19(25(21)17-10-11-17)13-18-9-6-12-27-18/h3-9,12,15,17H,10-11,13-14H2,1-2H3. The summed E-state index contributed by atoms with van der Waals surface area (Å²) in [4.78, 5) is 16.1. The summed E-state index contributed by atoms with van der Waals surface area (Å²) in [6.07, 6.45) is 3.13. The first-order chi connectivity index (χ1) is 13.6. The van der Waals surface area contributed by atoms with Crippen molar-refractivity contribution in [3.8, 4) is 0 Å². The lowest BCUT2D eigenvalue weighted by atomic mass is 10.2. The molecular weight excluding hydrogens is 388 g/mol. The van der Waals surface area contributed by atoms with Crippen molar-refractivity contribution in [2.45, 2.75) is 50.4 Å². The smallest absolute Gasteiger partial charge is 0.237 e. The van der Waals surface area contributed by atoms with E-state index < -0.39 is 0 Å². The Labute approximate surface area is 173 Å². The van der Waals surface area contributed by atoms with Crippen molar-refractivity contribution in [1.82, 2.24) is 14.8 Å². The van der Waals surface area contributed by atoms with E-state index in [2.05, 4.69) is 32.3 Å². The van der Waals surface area contributed by atoms with E-state index in [4.69, 9.17) is 0 Å². The van der Waals surface area contributed by atoms with E-state index in [1.807, 2.05) is 49.1 Å². The number of para-hydroxylation sites is 1. The Morgan fingerprint density at radius 2 is 2.00 bits per heavy atom. The van der Waals surface area contributed by atoms with Gasteiger partial charge in [0.2, 0.25) is 5.91 Å². The molecule has 1 saturated carbocycles. The number of amides is 1. The maximum atomic E-state index is 13.0. The van der Waals surface area contributed by atoms with Crippen LogP contribution in [0.4, 0.5) is 5.69 Å². The molecule has 4 rings (SSSR count). The van der Waals surface area contributed by atoms with E-state index in [1.165, 1.54) is 29.5 Å². The number of nitrogens with zero attached hydrogens (tertiary/aromatic N) is 4. The van der Waals surface area contributed by atoms with Gasteiger partial charge in [0.15, 0.2) is 5.16 Å². The predicted molar refractivity (Wildman–Crippen MR) is 115 cm³/mol. The highest BCUT2D eigenvalue weighted by molar-refractivity contribution is 7.99. The first-order valence-corrected chi connectivity index (χ1v) is 11.5. The van der Waals surface area contributed by atoms with Crippen LogP contribution in [0.2, 0.25) is 0 Å². The van der Waals surface area contributed by atoms with Gasteiger partial charge in [-0.05, 0) is 50.3 Å². The van der Waals surface area contributed by atoms with Crippen LogP contribution in [0.5, 0.6) is 0 Å². The zero-order valence-electron chi connectivity index (χ0n) is 16.1. The van der Waals surface area contributed by atoms with Crippen molar-refractivity contribution in [2.24, 2.45) is 0 Å². The van der Waals surface area contributed by atoms with Crippen molar-refractivity contribution in [3.63, 3.8) is 0 Å². The summed E-state index contributed by atoms with van der Waals surface area (Å²) in [7, 11) is 0. The van der Waals surface area contributed by atoms with Gasteiger partial charge in [0.05, 0.1) is 5.75 Å². The van der Waals surface area contributed by atoms with Crippen LogP contribution in [0, 0.1) is 0 Å². The summed E-state index contributed by atoms with van der Waals surface area (Å²) in [6.45, 7) is 4.09. The summed E-state index contributed by atoms with van der Waals surface area (Å²) in [5.74, 6) is 1.46. The number of carbonyl (C=O) groups excluding carboxylic acids is 1. The second-order valence-corrected chi connectivity index (χ2v) is 9.21. The number of hydrogen-bond acceptors (Lipinski definition) is 5. The Hall–Kier alpha value is -2.12. The molecule has 1 fully saturated rings. The van der Waals surface area contributed by atoms with Crippen molar-refractivity contribution < 1.29 is 4.79 Å². The topological polar surface area (TPSA) is 51.0 Å². The molecule has 1 amide bonds. The summed E-state index contributed by atoms with van der Waals surface area (Å²) < 4.78 is 2.25. The predicted octanol–water partition coefficient (Wildman–Crippen LogP) is 4.80. The fourth-order valence-electron chi connectivity index (χ4n) is 3.31. The molecule has 1 aliphatic carbocycles. The minimum absolute atomic E-state index is 0.0938. The van der Waals surface area contributed by atoms with E-state index in [1.54, 1.807) is 11.3 Å². The third kappa shape index (κ3) is 4.31. The Balaban J connectivity index is 1.48. The number of aromatic nitrogens is 3. The number of rotatable bonds is 8. The minimum Gasteiger partial charge on any atom is -0.309 e. The number of carbonyl (C=O) groups is 1. The highest BCUT2D eigenvalue weighted by Crippen LogP contribution is 2.39. The zero-order valence-corrected chi connectivity index (χ0v) is 17.7. The van der Waals surface area contributed by atoms with Gasteiger partial charge in [-0.1, -0.05) is 36.0 Å². The van der Waals surface area contributed by atoms with Crippen LogP contribution < -0.4 is 4.90 Å². The van der Waals surface area contributed by atoms with Crippen LogP contribution in [0.25, 0.3) is 0 Å². The lowest BCUT2D eigenvalue weighted by Crippen LogP contribution is -2.38. The molecule has 146 valence electrons. The van der Waals surface area contributed by atoms with E-state index in [9.17, 15) is 4.79 Å². The molecule has 0 spiro atoms. The molecule has 3 aromatic rings. The molecule has 28 heavy (non-hydrogen) atoms. The molecule has 1 aliphatic rings. The second-order valence-electron chi connectivity index (χ2n) is 7.24. The summed E-state index contributed by atoms with van der Waals surface area (Å²) >= 11 is 3.24.